The van der Waals surface area contributed by atoms with Crippen LogP contribution in [0.2, 0.25) is 0 Å². The van der Waals surface area contributed by atoms with Gasteiger partial charge in [-0.15, -0.1) is 0 Å². The molecule has 3 aliphatic heterocycles. The molecule has 38 heavy (non-hydrogen) atoms. The average molecular weight is 518 g/mol. The van der Waals surface area contributed by atoms with Crippen LogP contribution >= 0.6 is 0 Å². The zero-order valence-electron chi connectivity index (χ0n) is 20.6. The van der Waals surface area contributed by atoms with Crippen molar-refractivity contribution >= 4 is 16.7 Å². The SMILES string of the molecule is OC1CCN(c2ccc(-c3ccc(-c4nc5cc(O[C@@H]6CO[C@H]7[C@@H]6OC[C@H]7O)[nH]c5cc4F)cc3)cc2)C1. The lowest BCUT2D eigenvalue weighted by Gasteiger charge is -2.18. The number of aliphatic hydroxyl groups excluding tert-OH is 2. The molecule has 2 aromatic heterocycles. The van der Waals surface area contributed by atoms with Crippen molar-refractivity contribution in [3.05, 3.63) is 66.5 Å². The highest BCUT2D eigenvalue weighted by atomic mass is 19.1. The van der Waals surface area contributed by atoms with Crippen molar-refractivity contribution in [3.8, 4) is 28.3 Å². The molecule has 0 aliphatic carbocycles. The van der Waals surface area contributed by atoms with Crippen LogP contribution in [-0.4, -0.2) is 77.0 Å². The molecular formula is C29H28FN3O5. The summed E-state index contributed by atoms with van der Waals surface area (Å²) in [7, 11) is 0. The Morgan fingerprint density at radius 2 is 1.63 bits per heavy atom. The van der Waals surface area contributed by atoms with Gasteiger partial charge in [0, 0.05) is 36.5 Å². The minimum atomic E-state index is -0.648. The first-order valence-corrected chi connectivity index (χ1v) is 12.9. The van der Waals surface area contributed by atoms with E-state index < -0.39 is 11.9 Å². The van der Waals surface area contributed by atoms with Gasteiger partial charge >= 0.3 is 0 Å². The van der Waals surface area contributed by atoms with Gasteiger partial charge in [-0.25, -0.2) is 9.37 Å². The first-order valence-electron chi connectivity index (χ1n) is 12.9. The van der Waals surface area contributed by atoms with Crippen LogP contribution in [0.3, 0.4) is 0 Å². The molecule has 8 nitrogen and oxygen atoms in total. The van der Waals surface area contributed by atoms with E-state index >= 15 is 4.39 Å². The molecule has 3 fully saturated rings. The first-order chi connectivity index (χ1) is 18.5. The second kappa shape index (κ2) is 9.36. The molecule has 196 valence electrons. The number of aromatic amines is 1. The van der Waals surface area contributed by atoms with Gasteiger partial charge in [0.2, 0.25) is 0 Å². The number of β-amino-alcohol motifs (C(OH)–C–C–N with tert-alkyl or cyclic N) is 1. The van der Waals surface area contributed by atoms with Gasteiger partial charge in [-0.05, 0) is 29.7 Å². The van der Waals surface area contributed by atoms with Crippen molar-refractivity contribution < 1.29 is 28.8 Å². The molecule has 0 bridgehead atoms. The Bertz CT molecular complexity index is 1460. The molecule has 5 atom stereocenters. The van der Waals surface area contributed by atoms with Gasteiger partial charge in [-0.1, -0.05) is 36.4 Å². The van der Waals surface area contributed by atoms with Crippen LogP contribution in [0.5, 0.6) is 5.88 Å². The van der Waals surface area contributed by atoms with E-state index in [2.05, 4.69) is 39.1 Å². The van der Waals surface area contributed by atoms with E-state index in [1.807, 2.05) is 24.3 Å². The predicted octanol–water partition coefficient (Wildman–Crippen LogP) is 3.51. The second-order valence-corrected chi connectivity index (χ2v) is 10.2. The van der Waals surface area contributed by atoms with Crippen LogP contribution in [0.1, 0.15) is 6.42 Å². The third kappa shape index (κ3) is 4.21. The maximum absolute atomic E-state index is 15.1. The molecule has 1 unspecified atom stereocenters. The quantitative estimate of drug-likeness (QED) is 0.373. The minimum absolute atomic E-state index is 0.228. The highest BCUT2D eigenvalue weighted by Crippen LogP contribution is 2.33. The summed E-state index contributed by atoms with van der Waals surface area (Å²) >= 11 is 0. The molecule has 3 N–H and O–H groups in total. The third-order valence-corrected chi connectivity index (χ3v) is 7.68. The number of aromatic nitrogens is 2. The van der Waals surface area contributed by atoms with E-state index in [-0.39, 0.29) is 36.7 Å². The summed E-state index contributed by atoms with van der Waals surface area (Å²) in [6.07, 6.45) is -1.19. The monoisotopic (exact) mass is 517 g/mol. The molecule has 2 aromatic carbocycles. The zero-order valence-corrected chi connectivity index (χ0v) is 20.6. The number of nitrogens with one attached hydrogen (secondary N) is 1. The molecule has 0 radical (unpaired) electrons. The standard InChI is InChI=1S/C29H28FN3O5/c30-21-11-22-23(12-26(31-22)38-25-15-37-28-24(35)14-36-29(25)28)32-27(21)18-3-1-16(2-4-18)17-5-7-19(8-6-17)33-10-9-20(34)13-33/h1-8,11-12,20,24-25,28-29,31,34-35H,9-10,13-15H2/t20?,24-,25-,28-,29-/m1/s1. The Kier molecular flexibility index (Phi) is 5.81. The Morgan fingerprint density at radius 1 is 0.921 bits per heavy atom. The van der Waals surface area contributed by atoms with E-state index in [4.69, 9.17) is 14.2 Å². The van der Waals surface area contributed by atoms with Crippen LogP contribution in [0.25, 0.3) is 33.4 Å². The highest BCUT2D eigenvalue weighted by molar-refractivity contribution is 5.81. The van der Waals surface area contributed by atoms with Gasteiger partial charge < -0.3 is 34.3 Å². The number of aliphatic hydroxyl groups is 2. The molecule has 3 saturated heterocycles. The normalized spacial score (nSPS) is 26.8. The zero-order chi connectivity index (χ0) is 25.8. The number of H-pyrrole nitrogens is 1. The fourth-order valence-electron chi connectivity index (χ4n) is 5.64. The van der Waals surface area contributed by atoms with Gasteiger partial charge in [-0.2, -0.15) is 0 Å². The van der Waals surface area contributed by atoms with Crippen LogP contribution < -0.4 is 9.64 Å². The lowest BCUT2D eigenvalue weighted by Crippen LogP contribution is -2.34. The molecule has 0 saturated carbocycles. The van der Waals surface area contributed by atoms with E-state index in [9.17, 15) is 10.2 Å². The topological polar surface area (TPSA) is 100 Å². The maximum atomic E-state index is 15.1. The Labute approximate surface area is 218 Å². The van der Waals surface area contributed by atoms with Gasteiger partial charge in [0.15, 0.2) is 17.8 Å². The van der Waals surface area contributed by atoms with Gasteiger partial charge in [0.1, 0.15) is 24.0 Å². The van der Waals surface area contributed by atoms with Crippen molar-refractivity contribution in [2.24, 2.45) is 0 Å². The summed E-state index contributed by atoms with van der Waals surface area (Å²) in [6.45, 7) is 2.07. The van der Waals surface area contributed by atoms with Crippen molar-refractivity contribution in [1.82, 2.24) is 9.97 Å². The summed E-state index contributed by atoms with van der Waals surface area (Å²) in [4.78, 5) is 9.83. The van der Waals surface area contributed by atoms with E-state index in [1.165, 1.54) is 6.07 Å². The van der Waals surface area contributed by atoms with Gasteiger partial charge in [0.05, 0.1) is 30.4 Å². The lowest BCUT2D eigenvalue weighted by molar-refractivity contribution is 0.00794. The predicted molar refractivity (Wildman–Crippen MR) is 140 cm³/mol. The van der Waals surface area contributed by atoms with Crippen molar-refractivity contribution in [3.63, 3.8) is 0 Å². The van der Waals surface area contributed by atoms with Crippen LogP contribution in [0, 0.1) is 5.82 Å². The number of hydrogen-bond acceptors (Lipinski definition) is 7. The third-order valence-electron chi connectivity index (χ3n) is 7.68. The van der Waals surface area contributed by atoms with E-state index in [0.717, 1.165) is 29.8 Å². The largest absolute Gasteiger partial charge is 0.470 e. The fraction of sp³-hybridized carbons (Fsp3) is 0.345. The number of benzene rings is 2. The number of fused-ring (bicyclic) bond motifs is 2. The number of nitrogens with zero attached hydrogens (tertiary/aromatic N) is 2. The second-order valence-electron chi connectivity index (χ2n) is 10.2. The Hall–Kier alpha value is -3.50. The van der Waals surface area contributed by atoms with E-state index in [0.29, 0.717) is 35.6 Å². The summed E-state index contributed by atoms with van der Waals surface area (Å²) < 4.78 is 32.3. The van der Waals surface area contributed by atoms with Crippen LogP contribution in [-0.2, 0) is 9.47 Å². The lowest BCUT2D eigenvalue weighted by atomic mass is 10.0. The number of anilines is 1. The average Bonchev–Trinajstić information content (AvgIpc) is 3.71. The molecule has 0 spiro atoms. The smallest absolute Gasteiger partial charge is 0.193 e. The summed E-state index contributed by atoms with van der Waals surface area (Å²) in [6, 6.07) is 19.1. The molecule has 0 amide bonds. The molecule has 9 heteroatoms. The number of halogens is 1. The molecular weight excluding hydrogens is 489 g/mol. The maximum Gasteiger partial charge on any atom is 0.193 e. The number of ether oxygens (including phenoxy) is 3. The van der Waals surface area contributed by atoms with E-state index in [1.54, 1.807) is 6.07 Å². The molecule has 7 rings (SSSR count). The number of rotatable bonds is 5. The highest BCUT2D eigenvalue weighted by Gasteiger charge is 2.48. The fourth-order valence-corrected chi connectivity index (χ4v) is 5.64. The molecule has 5 heterocycles. The minimum Gasteiger partial charge on any atom is -0.470 e. The Morgan fingerprint density at radius 3 is 2.37 bits per heavy atom. The van der Waals surface area contributed by atoms with Gasteiger partial charge in [-0.3, -0.25) is 0 Å². The first kappa shape index (κ1) is 23.6. The number of hydrogen-bond donors (Lipinski definition) is 3. The molecule has 4 aromatic rings. The Balaban J connectivity index is 1.09. The van der Waals surface area contributed by atoms with Crippen LogP contribution in [0.4, 0.5) is 10.1 Å². The summed E-state index contributed by atoms with van der Waals surface area (Å²) in [5, 5.41) is 19.7. The van der Waals surface area contributed by atoms with Gasteiger partial charge in [0.25, 0.3) is 0 Å². The summed E-state index contributed by atoms with van der Waals surface area (Å²) in [5.74, 6) is 0.0211. The van der Waals surface area contributed by atoms with Crippen LogP contribution in [0.15, 0.2) is 60.7 Å². The number of pyridine rings is 1. The van der Waals surface area contributed by atoms with Crippen molar-refractivity contribution in [2.75, 3.05) is 31.2 Å². The van der Waals surface area contributed by atoms with Crippen molar-refractivity contribution in [1.29, 1.82) is 0 Å². The molecule has 3 aliphatic rings. The van der Waals surface area contributed by atoms with Crippen molar-refractivity contribution in [2.45, 2.75) is 36.9 Å². The summed E-state index contributed by atoms with van der Waals surface area (Å²) in [5.41, 5.74) is 5.26.